The largest absolute Gasteiger partial charge is 0.309 e. The molecule has 0 radical (unpaired) electrons. The van der Waals surface area contributed by atoms with Gasteiger partial charge in [0.05, 0.1) is 22.1 Å². The van der Waals surface area contributed by atoms with Crippen LogP contribution < -0.4 is 0 Å². The highest BCUT2D eigenvalue weighted by atomic mass is 15.0. The van der Waals surface area contributed by atoms with E-state index in [0.29, 0.717) is 0 Å². The summed E-state index contributed by atoms with van der Waals surface area (Å²) in [4.78, 5) is 0. The highest BCUT2D eigenvalue weighted by molar-refractivity contribution is 6.29. The third-order valence-corrected chi connectivity index (χ3v) is 7.46. The molecule has 0 amide bonds. The molecule has 0 spiro atoms. The molecule has 2 heterocycles. The molecular formula is C34H28N2. The first-order valence-corrected chi connectivity index (χ1v) is 12.6. The van der Waals surface area contributed by atoms with Gasteiger partial charge >= 0.3 is 0 Å². The monoisotopic (exact) mass is 464 g/mol. The van der Waals surface area contributed by atoms with E-state index < -0.39 is 0 Å². The van der Waals surface area contributed by atoms with E-state index in [1.807, 2.05) is 0 Å². The molecule has 0 atom stereocenters. The Kier molecular flexibility index (Phi) is 4.44. The lowest BCUT2D eigenvalue weighted by atomic mass is 9.86. The number of hydrogen-bond acceptors (Lipinski definition) is 0. The third kappa shape index (κ3) is 2.97. The standard InChI is InChI=1S/C34H28N2/c1-34(2,3)23-18-19-29-27(22-23)33-31(36(29)25-14-8-5-9-15-25)21-20-30-32(33)26-16-10-11-17-28(26)35(30)24-12-6-4-7-13-24/h4-22H,1-3H3. The zero-order valence-corrected chi connectivity index (χ0v) is 20.9. The van der Waals surface area contributed by atoms with Gasteiger partial charge in [0.15, 0.2) is 0 Å². The Labute approximate surface area is 211 Å². The maximum absolute atomic E-state index is 2.42. The molecule has 2 nitrogen and oxygen atoms in total. The summed E-state index contributed by atoms with van der Waals surface area (Å²) in [5.41, 5.74) is 8.76. The van der Waals surface area contributed by atoms with Crippen LogP contribution in [0.2, 0.25) is 0 Å². The van der Waals surface area contributed by atoms with Crippen molar-refractivity contribution in [1.29, 1.82) is 0 Å². The molecule has 0 N–H and O–H groups in total. The van der Waals surface area contributed by atoms with Crippen molar-refractivity contribution in [3.8, 4) is 11.4 Å². The predicted octanol–water partition coefficient (Wildman–Crippen LogP) is 9.18. The van der Waals surface area contributed by atoms with Crippen LogP contribution in [-0.2, 0) is 5.41 Å². The summed E-state index contributed by atoms with van der Waals surface area (Å²) in [6.07, 6.45) is 0. The van der Waals surface area contributed by atoms with Crippen molar-refractivity contribution >= 4 is 43.6 Å². The van der Waals surface area contributed by atoms with Crippen molar-refractivity contribution in [3.63, 3.8) is 0 Å². The Hall–Kier alpha value is -4.30. The number of fused-ring (bicyclic) bond motifs is 7. The fourth-order valence-electron chi connectivity index (χ4n) is 5.75. The van der Waals surface area contributed by atoms with Gasteiger partial charge in [0, 0.05) is 32.9 Å². The zero-order valence-electron chi connectivity index (χ0n) is 20.9. The smallest absolute Gasteiger partial charge is 0.0548 e. The minimum absolute atomic E-state index is 0.0707. The quantitative estimate of drug-likeness (QED) is 0.241. The van der Waals surface area contributed by atoms with E-state index in [1.54, 1.807) is 0 Å². The molecule has 0 saturated carbocycles. The maximum Gasteiger partial charge on any atom is 0.0548 e. The SMILES string of the molecule is CC(C)(C)c1ccc2c(c1)c1c3c4ccccc4n(-c4ccccc4)c3ccc1n2-c1ccccc1. The summed E-state index contributed by atoms with van der Waals surface area (Å²) in [5.74, 6) is 0. The summed E-state index contributed by atoms with van der Waals surface area (Å²) < 4.78 is 4.83. The molecule has 0 aliphatic carbocycles. The Balaban J connectivity index is 1.73. The van der Waals surface area contributed by atoms with Crippen LogP contribution in [0.1, 0.15) is 26.3 Å². The Morgan fingerprint density at radius 2 is 0.917 bits per heavy atom. The molecule has 2 aromatic heterocycles. The van der Waals surface area contributed by atoms with E-state index in [0.717, 1.165) is 0 Å². The molecule has 5 aromatic carbocycles. The first-order valence-electron chi connectivity index (χ1n) is 12.6. The predicted molar refractivity (Wildman–Crippen MR) is 154 cm³/mol. The van der Waals surface area contributed by atoms with Gasteiger partial charge in [0.25, 0.3) is 0 Å². The second kappa shape index (κ2) is 7.60. The lowest BCUT2D eigenvalue weighted by Crippen LogP contribution is -2.10. The van der Waals surface area contributed by atoms with E-state index >= 15 is 0 Å². The summed E-state index contributed by atoms with van der Waals surface area (Å²) >= 11 is 0. The molecule has 0 fully saturated rings. The van der Waals surface area contributed by atoms with E-state index in [2.05, 4.69) is 145 Å². The molecule has 2 heteroatoms. The van der Waals surface area contributed by atoms with Crippen molar-refractivity contribution in [2.75, 3.05) is 0 Å². The Morgan fingerprint density at radius 1 is 0.444 bits per heavy atom. The first-order chi connectivity index (χ1) is 17.5. The number of nitrogens with zero attached hydrogens (tertiary/aromatic N) is 2. The van der Waals surface area contributed by atoms with E-state index in [4.69, 9.17) is 0 Å². The number of aromatic nitrogens is 2. The second-order valence-electron chi connectivity index (χ2n) is 10.7. The van der Waals surface area contributed by atoms with E-state index in [1.165, 1.54) is 60.5 Å². The van der Waals surface area contributed by atoms with Crippen LogP contribution in [0, 0.1) is 0 Å². The molecule has 0 aliphatic heterocycles. The van der Waals surface area contributed by atoms with Crippen LogP contribution in [-0.4, -0.2) is 9.13 Å². The van der Waals surface area contributed by atoms with Gasteiger partial charge in [-0.3, -0.25) is 0 Å². The third-order valence-electron chi connectivity index (χ3n) is 7.46. The van der Waals surface area contributed by atoms with Gasteiger partial charge in [-0.05, 0) is 65.6 Å². The van der Waals surface area contributed by atoms with Gasteiger partial charge in [-0.15, -0.1) is 0 Å². The molecule has 0 bridgehead atoms. The van der Waals surface area contributed by atoms with Gasteiger partial charge in [0.1, 0.15) is 0 Å². The second-order valence-corrected chi connectivity index (χ2v) is 10.7. The molecule has 0 unspecified atom stereocenters. The number of rotatable bonds is 2. The van der Waals surface area contributed by atoms with Gasteiger partial charge in [-0.1, -0.05) is 81.4 Å². The van der Waals surface area contributed by atoms with Gasteiger partial charge in [0.2, 0.25) is 0 Å². The van der Waals surface area contributed by atoms with Gasteiger partial charge in [-0.25, -0.2) is 0 Å². The summed E-state index contributed by atoms with van der Waals surface area (Å²) in [5, 5.41) is 5.24. The molecule has 7 rings (SSSR count). The molecule has 7 aromatic rings. The Bertz CT molecular complexity index is 1900. The maximum atomic E-state index is 2.42. The fourth-order valence-corrected chi connectivity index (χ4v) is 5.75. The van der Waals surface area contributed by atoms with Crippen LogP contribution in [0.5, 0.6) is 0 Å². The number of para-hydroxylation sites is 3. The van der Waals surface area contributed by atoms with Crippen molar-refractivity contribution in [3.05, 3.63) is 121 Å². The minimum atomic E-state index is 0.0707. The van der Waals surface area contributed by atoms with Gasteiger partial charge in [-0.2, -0.15) is 0 Å². The van der Waals surface area contributed by atoms with E-state index in [-0.39, 0.29) is 5.41 Å². The molecule has 0 aliphatic rings. The average molecular weight is 465 g/mol. The topological polar surface area (TPSA) is 9.86 Å². The average Bonchev–Trinajstić information content (AvgIpc) is 3.41. The zero-order chi connectivity index (χ0) is 24.4. The molecule has 0 saturated heterocycles. The summed E-state index contributed by atoms with van der Waals surface area (Å²) in [7, 11) is 0. The Morgan fingerprint density at radius 3 is 1.50 bits per heavy atom. The summed E-state index contributed by atoms with van der Waals surface area (Å²) in [6, 6.07) is 41.9. The molecule has 36 heavy (non-hydrogen) atoms. The van der Waals surface area contributed by atoms with Gasteiger partial charge < -0.3 is 9.13 Å². The highest BCUT2D eigenvalue weighted by Gasteiger charge is 2.22. The fraction of sp³-hybridized carbons (Fsp3) is 0.118. The van der Waals surface area contributed by atoms with Crippen LogP contribution >= 0.6 is 0 Å². The van der Waals surface area contributed by atoms with Crippen LogP contribution in [0.15, 0.2) is 115 Å². The van der Waals surface area contributed by atoms with Crippen molar-refractivity contribution < 1.29 is 0 Å². The van der Waals surface area contributed by atoms with Crippen molar-refractivity contribution in [1.82, 2.24) is 9.13 Å². The van der Waals surface area contributed by atoms with Crippen molar-refractivity contribution in [2.45, 2.75) is 26.2 Å². The van der Waals surface area contributed by atoms with Crippen LogP contribution in [0.4, 0.5) is 0 Å². The lowest BCUT2D eigenvalue weighted by Gasteiger charge is -2.19. The highest BCUT2D eigenvalue weighted by Crippen LogP contribution is 2.43. The van der Waals surface area contributed by atoms with Crippen LogP contribution in [0.3, 0.4) is 0 Å². The number of benzene rings is 5. The molecule has 174 valence electrons. The van der Waals surface area contributed by atoms with Crippen molar-refractivity contribution in [2.24, 2.45) is 0 Å². The summed E-state index contributed by atoms with van der Waals surface area (Å²) in [6.45, 7) is 6.88. The normalized spacial score (nSPS) is 12.3. The molecular weight excluding hydrogens is 436 g/mol. The first kappa shape index (κ1) is 21.0. The van der Waals surface area contributed by atoms with E-state index in [9.17, 15) is 0 Å². The lowest BCUT2D eigenvalue weighted by molar-refractivity contribution is 0.591. The minimum Gasteiger partial charge on any atom is -0.309 e. The number of hydrogen-bond donors (Lipinski definition) is 0. The van der Waals surface area contributed by atoms with Crippen LogP contribution in [0.25, 0.3) is 55.0 Å².